The molecule has 0 saturated carbocycles. The van der Waals surface area contributed by atoms with E-state index in [0.717, 1.165) is 34.8 Å². The molecule has 26 heavy (non-hydrogen) atoms. The van der Waals surface area contributed by atoms with Gasteiger partial charge in [0.1, 0.15) is 5.69 Å². The first-order chi connectivity index (χ1) is 12.7. The van der Waals surface area contributed by atoms with Crippen LogP contribution in [0.4, 0.5) is 4.39 Å². The van der Waals surface area contributed by atoms with Crippen LogP contribution in [-0.2, 0) is 7.05 Å². The van der Waals surface area contributed by atoms with Gasteiger partial charge in [0.25, 0.3) is 0 Å². The Labute approximate surface area is 150 Å². The second-order valence-corrected chi connectivity index (χ2v) is 6.08. The van der Waals surface area contributed by atoms with Crippen molar-refractivity contribution in [3.05, 3.63) is 54.2 Å². The highest BCUT2D eigenvalue weighted by Crippen LogP contribution is 2.33. The third kappa shape index (κ3) is 2.94. The fraction of sp³-hybridized carbons (Fsp3) is 0.222. The summed E-state index contributed by atoms with van der Waals surface area (Å²) in [7, 11) is 3.35. The molecule has 1 aromatic carbocycles. The summed E-state index contributed by atoms with van der Waals surface area (Å²) in [6.45, 7) is 0.772. The summed E-state index contributed by atoms with van der Waals surface area (Å²) in [6, 6.07) is 8.92. The predicted molar refractivity (Wildman–Crippen MR) is 95.4 cm³/mol. The molecule has 3 heterocycles. The molecule has 2 aromatic heterocycles. The predicted octanol–water partition coefficient (Wildman–Crippen LogP) is 1.95. The van der Waals surface area contributed by atoms with Gasteiger partial charge in [-0.05, 0) is 35.9 Å². The molecule has 1 aliphatic rings. The Morgan fingerprint density at radius 3 is 2.88 bits per heavy atom. The van der Waals surface area contributed by atoms with Crippen LogP contribution in [0.15, 0.2) is 42.9 Å². The van der Waals surface area contributed by atoms with Crippen LogP contribution in [0.2, 0.25) is 0 Å². The first kappa shape index (κ1) is 16.6. The minimum absolute atomic E-state index is 0.148. The molecule has 1 saturated heterocycles. The number of ether oxygens (including phenoxy) is 1. The second-order valence-electron chi connectivity index (χ2n) is 6.08. The number of aromatic nitrogens is 3. The number of rotatable bonds is 4. The molecule has 3 N–H and O–H groups in total. The molecular formula is C18H19FN6O. The van der Waals surface area contributed by atoms with E-state index in [0.29, 0.717) is 0 Å². The van der Waals surface area contributed by atoms with Crippen molar-refractivity contribution in [2.45, 2.75) is 6.04 Å². The number of methoxy groups -OCH3 is 1. The van der Waals surface area contributed by atoms with E-state index in [-0.39, 0.29) is 11.8 Å². The number of aryl methyl sites for hydroxylation is 1. The van der Waals surface area contributed by atoms with Crippen molar-refractivity contribution in [3.8, 4) is 28.4 Å². The smallest absolute Gasteiger partial charge is 0.165 e. The van der Waals surface area contributed by atoms with Gasteiger partial charge in [0.15, 0.2) is 11.6 Å². The molecule has 0 amide bonds. The Bertz CT molecular complexity index is 935. The number of nitrogens with one attached hydrogen (secondary N) is 3. The van der Waals surface area contributed by atoms with E-state index in [1.54, 1.807) is 24.7 Å². The molecule has 0 radical (unpaired) electrons. The summed E-state index contributed by atoms with van der Waals surface area (Å²) in [5.74, 6) is -0.198. The van der Waals surface area contributed by atoms with Crippen LogP contribution >= 0.6 is 0 Å². The van der Waals surface area contributed by atoms with Gasteiger partial charge in [0, 0.05) is 25.4 Å². The second kappa shape index (κ2) is 6.83. The van der Waals surface area contributed by atoms with Crippen molar-refractivity contribution < 1.29 is 9.13 Å². The van der Waals surface area contributed by atoms with Gasteiger partial charge in [0.05, 0.1) is 30.9 Å². The maximum atomic E-state index is 13.8. The maximum Gasteiger partial charge on any atom is 0.165 e. The normalized spacial score (nSPS) is 16.8. The van der Waals surface area contributed by atoms with Gasteiger partial charge in [-0.25, -0.2) is 20.2 Å². The fourth-order valence-corrected chi connectivity index (χ4v) is 3.10. The maximum absolute atomic E-state index is 13.8. The van der Waals surface area contributed by atoms with Crippen molar-refractivity contribution in [3.63, 3.8) is 0 Å². The number of halogens is 1. The summed E-state index contributed by atoms with van der Waals surface area (Å²) in [5, 5.41) is 0. The van der Waals surface area contributed by atoms with Crippen LogP contribution in [0.1, 0.15) is 11.6 Å². The van der Waals surface area contributed by atoms with Gasteiger partial charge in [-0.2, -0.15) is 5.53 Å². The Hall–Kier alpha value is -2.81. The van der Waals surface area contributed by atoms with E-state index in [1.165, 1.54) is 13.2 Å². The van der Waals surface area contributed by atoms with E-state index in [4.69, 9.17) is 4.74 Å². The number of hydrazine groups is 2. The Morgan fingerprint density at radius 2 is 2.12 bits per heavy atom. The molecule has 7 nitrogen and oxygen atoms in total. The van der Waals surface area contributed by atoms with Crippen molar-refractivity contribution in [1.29, 1.82) is 0 Å². The van der Waals surface area contributed by atoms with Gasteiger partial charge in [0.2, 0.25) is 0 Å². The summed E-state index contributed by atoms with van der Waals surface area (Å²) in [6.07, 6.45) is 3.50. The van der Waals surface area contributed by atoms with Crippen LogP contribution in [0.3, 0.4) is 0 Å². The number of pyridine rings is 1. The quantitative estimate of drug-likeness (QED) is 0.665. The largest absolute Gasteiger partial charge is 0.494 e. The number of nitrogens with zero attached hydrogens (tertiary/aromatic N) is 3. The van der Waals surface area contributed by atoms with E-state index >= 15 is 0 Å². The third-order valence-corrected chi connectivity index (χ3v) is 4.43. The molecule has 0 spiro atoms. The lowest BCUT2D eigenvalue weighted by Crippen LogP contribution is -2.30. The number of benzene rings is 1. The zero-order valence-corrected chi connectivity index (χ0v) is 14.5. The summed E-state index contributed by atoms with van der Waals surface area (Å²) in [5.41, 5.74) is 13.3. The number of imidazole rings is 1. The number of hydrogen-bond donors (Lipinski definition) is 3. The first-order valence-corrected chi connectivity index (χ1v) is 8.22. The Kier molecular flexibility index (Phi) is 4.37. The monoisotopic (exact) mass is 354 g/mol. The van der Waals surface area contributed by atoms with Crippen molar-refractivity contribution >= 4 is 0 Å². The van der Waals surface area contributed by atoms with Gasteiger partial charge in [-0.1, -0.05) is 0 Å². The van der Waals surface area contributed by atoms with Crippen molar-refractivity contribution in [1.82, 2.24) is 30.9 Å². The molecule has 0 bridgehead atoms. The first-order valence-electron chi connectivity index (χ1n) is 8.22. The number of hydrogen-bond acceptors (Lipinski definition) is 6. The molecule has 1 atom stereocenters. The molecule has 3 aromatic rings. The van der Waals surface area contributed by atoms with Crippen LogP contribution in [0, 0.1) is 5.82 Å². The Balaban J connectivity index is 1.79. The average molecular weight is 354 g/mol. The average Bonchev–Trinajstić information content (AvgIpc) is 3.32. The SMILES string of the molecule is COc1cc(-c2c(-c3cc(C4CNNN4)ccn3)ncn2C)ccc1F. The van der Waals surface area contributed by atoms with Gasteiger partial charge in [-0.15, -0.1) is 0 Å². The van der Waals surface area contributed by atoms with Gasteiger partial charge < -0.3 is 9.30 Å². The highest BCUT2D eigenvalue weighted by atomic mass is 19.1. The third-order valence-electron chi connectivity index (χ3n) is 4.43. The van der Waals surface area contributed by atoms with Crippen LogP contribution in [-0.4, -0.2) is 28.2 Å². The van der Waals surface area contributed by atoms with Crippen LogP contribution in [0.5, 0.6) is 5.75 Å². The molecule has 1 fully saturated rings. The fourth-order valence-electron chi connectivity index (χ4n) is 3.10. The van der Waals surface area contributed by atoms with E-state index in [9.17, 15) is 4.39 Å². The zero-order valence-electron chi connectivity index (χ0n) is 14.5. The minimum atomic E-state index is -0.396. The summed E-state index contributed by atoms with van der Waals surface area (Å²) < 4.78 is 20.8. The minimum Gasteiger partial charge on any atom is -0.494 e. The molecular weight excluding hydrogens is 335 g/mol. The molecule has 134 valence electrons. The molecule has 4 rings (SSSR count). The van der Waals surface area contributed by atoms with Crippen LogP contribution < -0.4 is 21.1 Å². The lowest BCUT2D eigenvalue weighted by molar-refractivity contribution is 0.387. The zero-order chi connectivity index (χ0) is 18.1. The highest BCUT2D eigenvalue weighted by Gasteiger charge is 2.20. The topological polar surface area (TPSA) is 76.0 Å². The standard InChI is InChI=1S/C18H19FN6O/c1-25-10-21-17(18(25)12-3-4-13(19)16(8-12)26-2)14-7-11(5-6-20-14)15-9-22-24-23-15/h3-8,10,15,22-24H,9H2,1-2H3. The molecule has 1 unspecified atom stereocenters. The lowest BCUT2D eigenvalue weighted by atomic mass is 10.0. The lowest BCUT2D eigenvalue weighted by Gasteiger charge is -2.11. The molecule has 0 aliphatic carbocycles. The van der Waals surface area contributed by atoms with Gasteiger partial charge in [-0.3, -0.25) is 4.98 Å². The van der Waals surface area contributed by atoms with Crippen molar-refractivity contribution in [2.24, 2.45) is 7.05 Å². The van der Waals surface area contributed by atoms with E-state index < -0.39 is 5.82 Å². The summed E-state index contributed by atoms with van der Waals surface area (Å²) >= 11 is 0. The Morgan fingerprint density at radius 1 is 1.23 bits per heavy atom. The van der Waals surface area contributed by atoms with Gasteiger partial charge >= 0.3 is 0 Å². The van der Waals surface area contributed by atoms with E-state index in [2.05, 4.69) is 26.4 Å². The van der Waals surface area contributed by atoms with Crippen LogP contribution in [0.25, 0.3) is 22.6 Å². The van der Waals surface area contributed by atoms with E-state index in [1.807, 2.05) is 23.7 Å². The molecule has 1 aliphatic heterocycles. The molecule has 8 heteroatoms. The highest BCUT2D eigenvalue weighted by molar-refractivity contribution is 5.77. The summed E-state index contributed by atoms with van der Waals surface area (Å²) in [4.78, 5) is 9.01. The van der Waals surface area contributed by atoms with Crippen molar-refractivity contribution in [2.75, 3.05) is 13.7 Å².